The lowest BCUT2D eigenvalue weighted by Crippen LogP contribution is -2.37. The lowest BCUT2D eigenvalue weighted by atomic mass is 10.1. The summed E-state index contributed by atoms with van der Waals surface area (Å²) in [4.78, 5) is 12.9. The third-order valence-corrected chi connectivity index (χ3v) is 4.68. The molecule has 1 aromatic carbocycles. The largest absolute Gasteiger partial charge is 0.383 e. The lowest BCUT2D eigenvalue weighted by Gasteiger charge is -2.08. The van der Waals surface area contributed by atoms with E-state index >= 15 is 0 Å². The minimum absolute atomic E-state index is 0.122. The van der Waals surface area contributed by atoms with Gasteiger partial charge in [-0.05, 0) is 31.5 Å². The normalized spacial score (nSPS) is 10.9. The number of carbonyl (C=O) groups is 1. The second-order valence-electron chi connectivity index (χ2n) is 6.48. The Morgan fingerprint density at radius 2 is 1.81 bits per heavy atom. The van der Waals surface area contributed by atoms with E-state index in [0.717, 1.165) is 34.6 Å². The van der Waals surface area contributed by atoms with Crippen LogP contribution in [0.15, 0.2) is 60.9 Å². The molecule has 4 nitrogen and oxygen atoms in total. The predicted octanol–water partition coefficient (Wildman–Crippen LogP) is 3.59. The van der Waals surface area contributed by atoms with Gasteiger partial charge in [-0.2, -0.15) is 4.57 Å². The maximum absolute atomic E-state index is 12.9. The topological polar surface area (TPSA) is 35.1 Å². The van der Waals surface area contributed by atoms with Gasteiger partial charge >= 0.3 is 0 Å². The van der Waals surface area contributed by atoms with Gasteiger partial charge in [-0.1, -0.05) is 30.3 Å². The number of pyridine rings is 1. The number of hydrogen-bond acceptors (Lipinski definition) is 2. The van der Waals surface area contributed by atoms with E-state index in [9.17, 15) is 4.79 Å². The first kappa shape index (κ1) is 18.1. The first-order chi connectivity index (χ1) is 12.6. The van der Waals surface area contributed by atoms with Gasteiger partial charge in [0.05, 0.1) is 6.61 Å². The fraction of sp³-hybridized carbons (Fsp3) is 0.273. The molecule has 2 aromatic heterocycles. The van der Waals surface area contributed by atoms with E-state index in [0.29, 0.717) is 13.2 Å². The zero-order valence-electron chi connectivity index (χ0n) is 15.6. The lowest BCUT2D eigenvalue weighted by molar-refractivity contribution is -0.682. The Balaban J connectivity index is 1.81. The molecule has 134 valence electrons. The highest BCUT2D eigenvalue weighted by Crippen LogP contribution is 2.18. The molecule has 0 aliphatic carbocycles. The van der Waals surface area contributed by atoms with Crippen LogP contribution in [0.4, 0.5) is 0 Å². The molecule has 0 saturated heterocycles. The SMILES string of the molecule is COCCn1c(C)cc(C(=O)C[n+]2cccc(-c3ccccc3)c2)c1C. The smallest absolute Gasteiger partial charge is 0.229 e. The average molecular weight is 349 g/mol. The predicted molar refractivity (Wildman–Crippen MR) is 102 cm³/mol. The van der Waals surface area contributed by atoms with Gasteiger partial charge in [0.2, 0.25) is 12.3 Å². The minimum atomic E-state index is 0.122. The van der Waals surface area contributed by atoms with E-state index in [1.807, 2.05) is 61.1 Å². The van der Waals surface area contributed by atoms with Crippen molar-refractivity contribution in [1.29, 1.82) is 0 Å². The molecule has 0 radical (unpaired) electrons. The Hall–Kier alpha value is -2.72. The van der Waals surface area contributed by atoms with Crippen LogP contribution in [0.1, 0.15) is 21.7 Å². The molecular weight excluding hydrogens is 324 g/mol. The number of rotatable bonds is 7. The van der Waals surface area contributed by atoms with Crippen molar-refractivity contribution >= 4 is 5.78 Å². The second-order valence-corrected chi connectivity index (χ2v) is 6.48. The fourth-order valence-electron chi connectivity index (χ4n) is 3.28. The Labute approximate surface area is 154 Å². The van der Waals surface area contributed by atoms with Gasteiger partial charge in [0.15, 0.2) is 12.4 Å². The highest BCUT2D eigenvalue weighted by Gasteiger charge is 2.19. The van der Waals surface area contributed by atoms with Crippen LogP contribution in [0.25, 0.3) is 11.1 Å². The summed E-state index contributed by atoms with van der Waals surface area (Å²) in [7, 11) is 1.69. The van der Waals surface area contributed by atoms with Crippen molar-refractivity contribution in [3.8, 4) is 11.1 Å². The van der Waals surface area contributed by atoms with Crippen molar-refractivity contribution in [3.05, 3.63) is 77.9 Å². The van der Waals surface area contributed by atoms with E-state index in [2.05, 4.69) is 22.8 Å². The third-order valence-electron chi connectivity index (χ3n) is 4.68. The number of ketones is 1. The van der Waals surface area contributed by atoms with Crippen LogP contribution in [0.2, 0.25) is 0 Å². The molecule has 4 heteroatoms. The van der Waals surface area contributed by atoms with Crippen molar-refractivity contribution < 1.29 is 14.1 Å². The monoisotopic (exact) mass is 349 g/mol. The van der Waals surface area contributed by atoms with E-state index in [4.69, 9.17) is 4.74 Å². The van der Waals surface area contributed by atoms with Crippen molar-refractivity contribution in [2.75, 3.05) is 13.7 Å². The number of carbonyl (C=O) groups excluding carboxylic acids is 1. The van der Waals surface area contributed by atoms with Crippen molar-refractivity contribution in [1.82, 2.24) is 4.57 Å². The summed E-state index contributed by atoms with van der Waals surface area (Å²) in [5, 5.41) is 0. The Morgan fingerprint density at radius 3 is 2.54 bits per heavy atom. The van der Waals surface area contributed by atoms with E-state index in [1.165, 1.54) is 0 Å². The van der Waals surface area contributed by atoms with Crippen LogP contribution in [0, 0.1) is 13.8 Å². The molecular formula is C22H25N2O2+. The third kappa shape index (κ3) is 3.92. The molecule has 0 bridgehead atoms. The van der Waals surface area contributed by atoms with Crippen molar-refractivity contribution in [3.63, 3.8) is 0 Å². The number of nitrogens with zero attached hydrogens (tertiary/aromatic N) is 2. The summed E-state index contributed by atoms with van der Waals surface area (Å²) in [6, 6.07) is 16.2. The zero-order valence-corrected chi connectivity index (χ0v) is 15.6. The van der Waals surface area contributed by atoms with Gasteiger partial charge in [-0.25, -0.2) is 0 Å². The number of benzene rings is 1. The van der Waals surface area contributed by atoms with Gasteiger partial charge in [0, 0.05) is 42.2 Å². The maximum atomic E-state index is 12.9. The summed E-state index contributed by atoms with van der Waals surface area (Å²) in [6.07, 6.45) is 3.96. The summed E-state index contributed by atoms with van der Waals surface area (Å²) < 4.78 is 9.26. The number of ether oxygens (including phenoxy) is 1. The summed E-state index contributed by atoms with van der Waals surface area (Å²) in [5.41, 5.74) is 5.13. The van der Waals surface area contributed by atoms with Crippen LogP contribution in [-0.4, -0.2) is 24.1 Å². The fourth-order valence-corrected chi connectivity index (χ4v) is 3.28. The van der Waals surface area contributed by atoms with Gasteiger partial charge in [-0.3, -0.25) is 4.79 Å². The van der Waals surface area contributed by atoms with Crippen LogP contribution in [0.3, 0.4) is 0 Å². The van der Waals surface area contributed by atoms with Crippen LogP contribution < -0.4 is 4.57 Å². The van der Waals surface area contributed by atoms with Crippen molar-refractivity contribution in [2.45, 2.75) is 26.9 Å². The van der Waals surface area contributed by atoms with Gasteiger partial charge in [0.1, 0.15) is 0 Å². The minimum Gasteiger partial charge on any atom is -0.383 e. The average Bonchev–Trinajstić information content (AvgIpc) is 2.95. The molecule has 0 aliphatic heterocycles. The van der Waals surface area contributed by atoms with E-state index in [1.54, 1.807) is 7.11 Å². The highest BCUT2D eigenvalue weighted by atomic mass is 16.5. The quantitative estimate of drug-likeness (QED) is 0.483. The van der Waals surface area contributed by atoms with Crippen LogP contribution >= 0.6 is 0 Å². The molecule has 0 N–H and O–H groups in total. The first-order valence-corrected chi connectivity index (χ1v) is 8.83. The number of hydrogen-bond donors (Lipinski definition) is 0. The number of aryl methyl sites for hydroxylation is 1. The number of aromatic nitrogens is 2. The van der Waals surface area contributed by atoms with E-state index < -0.39 is 0 Å². The standard InChI is InChI=1S/C22H25N2O2/c1-17-14-21(18(2)24(17)12-13-26-3)22(25)16-23-11-7-10-20(15-23)19-8-5-4-6-9-19/h4-11,14-15H,12-13,16H2,1-3H3/q+1. The molecule has 0 spiro atoms. The molecule has 0 aliphatic rings. The molecule has 3 rings (SSSR count). The molecule has 0 unspecified atom stereocenters. The molecule has 0 amide bonds. The van der Waals surface area contributed by atoms with Crippen LogP contribution in [-0.2, 0) is 17.8 Å². The second kappa shape index (κ2) is 8.11. The number of methoxy groups -OCH3 is 1. The Morgan fingerprint density at radius 1 is 1.08 bits per heavy atom. The summed E-state index contributed by atoms with van der Waals surface area (Å²) in [6.45, 7) is 5.76. The van der Waals surface area contributed by atoms with E-state index in [-0.39, 0.29) is 5.78 Å². The summed E-state index contributed by atoms with van der Waals surface area (Å²) >= 11 is 0. The molecule has 2 heterocycles. The maximum Gasteiger partial charge on any atom is 0.229 e. The molecule has 3 aromatic rings. The van der Waals surface area contributed by atoms with Gasteiger partial charge in [0.25, 0.3) is 0 Å². The summed E-state index contributed by atoms with van der Waals surface area (Å²) in [5.74, 6) is 0.122. The van der Waals surface area contributed by atoms with Gasteiger partial charge < -0.3 is 9.30 Å². The first-order valence-electron chi connectivity index (χ1n) is 8.83. The number of Topliss-reactive ketones (excluding diaryl/α,β-unsaturated/α-hetero) is 1. The zero-order chi connectivity index (χ0) is 18.5. The molecule has 26 heavy (non-hydrogen) atoms. The van der Waals surface area contributed by atoms with Gasteiger partial charge in [-0.15, -0.1) is 0 Å². The Kier molecular flexibility index (Phi) is 5.64. The van der Waals surface area contributed by atoms with Crippen molar-refractivity contribution in [2.24, 2.45) is 0 Å². The highest BCUT2D eigenvalue weighted by molar-refractivity contribution is 5.96. The van der Waals surface area contributed by atoms with Crippen LogP contribution in [0.5, 0.6) is 0 Å². The molecule has 0 saturated carbocycles. The Bertz CT molecular complexity index is 898. The molecule has 0 atom stereocenters. The molecule has 0 fully saturated rings.